The molecule has 0 heterocycles. The van der Waals surface area contributed by atoms with E-state index in [9.17, 15) is 5.11 Å². The molecule has 0 spiro atoms. The van der Waals surface area contributed by atoms with E-state index in [1.54, 1.807) is 0 Å². The summed E-state index contributed by atoms with van der Waals surface area (Å²) < 4.78 is 0. The van der Waals surface area contributed by atoms with Gasteiger partial charge in [0.15, 0.2) is 0 Å². The van der Waals surface area contributed by atoms with E-state index >= 15 is 0 Å². The number of rotatable bonds is 7. The van der Waals surface area contributed by atoms with Gasteiger partial charge in [-0.1, -0.05) is 29.8 Å². The van der Waals surface area contributed by atoms with Crippen LogP contribution in [0.5, 0.6) is 0 Å². The Balaban J connectivity index is 2.67. The number of hydrogen-bond acceptors (Lipinski definition) is 3. The van der Waals surface area contributed by atoms with Gasteiger partial charge in [-0.25, -0.2) is 0 Å². The summed E-state index contributed by atoms with van der Waals surface area (Å²) in [6.45, 7) is 5.12. The van der Waals surface area contributed by atoms with Crippen molar-refractivity contribution in [1.82, 2.24) is 10.2 Å². The van der Waals surface area contributed by atoms with E-state index in [0.29, 0.717) is 0 Å². The summed E-state index contributed by atoms with van der Waals surface area (Å²) in [6, 6.07) is 8.15. The molecule has 0 saturated heterocycles. The maximum absolute atomic E-state index is 9.37. The predicted octanol–water partition coefficient (Wildman–Crippen LogP) is 2.69. The summed E-state index contributed by atoms with van der Waals surface area (Å²) in [4.78, 5) is 2.17. The molecule has 0 aromatic heterocycles. The third-order valence-corrected chi connectivity index (χ3v) is 4.15. The topological polar surface area (TPSA) is 35.5 Å². The van der Waals surface area contributed by atoms with E-state index in [2.05, 4.69) is 16.3 Å². The molecule has 4 heteroatoms. The Morgan fingerprint density at radius 3 is 2.53 bits per heavy atom. The molecule has 1 atom stereocenters. The summed E-state index contributed by atoms with van der Waals surface area (Å²) >= 11 is 6.24. The SMILES string of the molecule is CNC(CCN(C)C(C)(C)CO)c1ccccc1Cl. The van der Waals surface area contributed by atoms with Crippen LogP contribution in [0.15, 0.2) is 24.3 Å². The Kier molecular flexibility index (Phi) is 6.27. The molecule has 1 aromatic carbocycles. The zero-order valence-corrected chi connectivity index (χ0v) is 13.0. The van der Waals surface area contributed by atoms with Gasteiger partial charge in [0.05, 0.1) is 6.61 Å². The fourth-order valence-electron chi connectivity index (χ4n) is 1.96. The minimum absolute atomic E-state index is 0.153. The molecule has 3 nitrogen and oxygen atoms in total. The minimum Gasteiger partial charge on any atom is -0.394 e. The molecule has 0 saturated carbocycles. The van der Waals surface area contributed by atoms with Crippen molar-refractivity contribution in [2.45, 2.75) is 31.8 Å². The third-order valence-electron chi connectivity index (χ3n) is 3.80. The van der Waals surface area contributed by atoms with Crippen molar-refractivity contribution < 1.29 is 5.11 Å². The van der Waals surface area contributed by atoms with Crippen LogP contribution in [0.2, 0.25) is 5.02 Å². The van der Waals surface area contributed by atoms with Gasteiger partial charge in [0, 0.05) is 23.1 Å². The standard InChI is InChI=1S/C15H25ClN2O/c1-15(2,11-19)18(4)10-9-14(17-3)12-7-5-6-8-13(12)16/h5-8,14,17,19H,9-11H2,1-4H3. The largest absolute Gasteiger partial charge is 0.394 e. The number of likely N-dealkylation sites (N-methyl/N-ethyl adjacent to an activating group) is 1. The second-order valence-electron chi connectivity index (χ2n) is 5.54. The van der Waals surface area contributed by atoms with E-state index in [-0.39, 0.29) is 18.2 Å². The van der Waals surface area contributed by atoms with Gasteiger partial charge in [0.2, 0.25) is 0 Å². The van der Waals surface area contributed by atoms with Gasteiger partial charge in [-0.3, -0.25) is 4.90 Å². The van der Waals surface area contributed by atoms with Crippen molar-refractivity contribution in [3.63, 3.8) is 0 Å². The molecular weight excluding hydrogens is 260 g/mol. The molecule has 0 aliphatic heterocycles. The lowest BCUT2D eigenvalue weighted by atomic mass is 10.0. The van der Waals surface area contributed by atoms with Crippen molar-refractivity contribution >= 4 is 11.6 Å². The lowest BCUT2D eigenvalue weighted by Gasteiger charge is -2.35. The number of nitrogens with zero attached hydrogens (tertiary/aromatic N) is 1. The molecule has 0 aliphatic rings. The Morgan fingerprint density at radius 2 is 2.00 bits per heavy atom. The van der Waals surface area contributed by atoms with Gasteiger partial charge < -0.3 is 10.4 Å². The summed E-state index contributed by atoms with van der Waals surface area (Å²) in [5.74, 6) is 0. The van der Waals surface area contributed by atoms with Crippen LogP contribution in [0.25, 0.3) is 0 Å². The van der Waals surface area contributed by atoms with Crippen molar-refractivity contribution in [3.05, 3.63) is 34.9 Å². The summed E-state index contributed by atoms with van der Waals surface area (Å²) in [6.07, 6.45) is 0.945. The van der Waals surface area contributed by atoms with Gasteiger partial charge in [-0.05, 0) is 46.0 Å². The Labute approximate surface area is 121 Å². The van der Waals surface area contributed by atoms with Gasteiger partial charge >= 0.3 is 0 Å². The lowest BCUT2D eigenvalue weighted by molar-refractivity contribution is 0.0760. The summed E-state index contributed by atoms with van der Waals surface area (Å²) in [5, 5.41) is 13.5. The van der Waals surface area contributed by atoms with Crippen LogP contribution in [-0.2, 0) is 0 Å². The highest BCUT2D eigenvalue weighted by molar-refractivity contribution is 6.31. The molecule has 1 aromatic rings. The van der Waals surface area contributed by atoms with Crippen LogP contribution in [0.1, 0.15) is 31.9 Å². The average molecular weight is 285 g/mol. The zero-order valence-electron chi connectivity index (χ0n) is 12.3. The van der Waals surface area contributed by atoms with Crippen LogP contribution in [0.3, 0.4) is 0 Å². The normalized spacial score (nSPS) is 13.8. The molecule has 0 bridgehead atoms. The van der Waals surface area contributed by atoms with Crippen LogP contribution >= 0.6 is 11.6 Å². The zero-order chi connectivity index (χ0) is 14.5. The molecule has 1 unspecified atom stereocenters. The van der Waals surface area contributed by atoms with Gasteiger partial charge in [-0.15, -0.1) is 0 Å². The van der Waals surface area contributed by atoms with Crippen molar-refractivity contribution in [3.8, 4) is 0 Å². The number of benzene rings is 1. The fraction of sp³-hybridized carbons (Fsp3) is 0.600. The smallest absolute Gasteiger partial charge is 0.0609 e. The maximum atomic E-state index is 9.37. The van der Waals surface area contributed by atoms with Crippen molar-refractivity contribution in [2.75, 3.05) is 27.2 Å². The van der Waals surface area contributed by atoms with Crippen LogP contribution < -0.4 is 5.32 Å². The average Bonchev–Trinajstić information content (AvgIpc) is 2.40. The predicted molar refractivity (Wildman–Crippen MR) is 81.7 cm³/mol. The van der Waals surface area contributed by atoms with E-state index in [1.807, 2.05) is 46.1 Å². The molecular formula is C15H25ClN2O. The van der Waals surface area contributed by atoms with Crippen molar-refractivity contribution in [1.29, 1.82) is 0 Å². The minimum atomic E-state index is -0.196. The first-order chi connectivity index (χ1) is 8.92. The molecule has 108 valence electrons. The monoisotopic (exact) mass is 284 g/mol. The molecule has 0 fully saturated rings. The van der Waals surface area contributed by atoms with Gasteiger partial charge in [0.25, 0.3) is 0 Å². The Morgan fingerprint density at radius 1 is 1.37 bits per heavy atom. The maximum Gasteiger partial charge on any atom is 0.0609 e. The van der Waals surface area contributed by atoms with E-state index in [1.165, 1.54) is 0 Å². The van der Waals surface area contributed by atoms with E-state index in [4.69, 9.17) is 11.6 Å². The number of halogens is 1. The molecule has 19 heavy (non-hydrogen) atoms. The number of hydrogen-bond donors (Lipinski definition) is 2. The van der Waals surface area contributed by atoms with Gasteiger partial charge in [0.1, 0.15) is 0 Å². The Bertz CT molecular complexity index is 395. The fourth-order valence-corrected chi connectivity index (χ4v) is 2.23. The summed E-state index contributed by atoms with van der Waals surface area (Å²) in [5.41, 5.74) is 0.931. The highest BCUT2D eigenvalue weighted by Gasteiger charge is 2.23. The van der Waals surface area contributed by atoms with Crippen LogP contribution in [0, 0.1) is 0 Å². The quantitative estimate of drug-likeness (QED) is 0.808. The van der Waals surface area contributed by atoms with Crippen molar-refractivity contribution in [2.24, 2.45) is 0 Å². The molecule has 0 aliphatic carbocycles. The Hall–Kier alpha value is -0.610. The molecule has 0 amide bonds. The first-order valence-electron chi connectivity index (χ1n) is 6.66. The van der Waals surface area contributed by atoms with Crippen LogP contribution in [0.4, 0.5) is 0 Å². The van der Waals surface area contributed by atoms with Crippen LogP contribution in [-0.4, -0.2) is 42.8 Å². The third kappa shape index (κ3) is 4.46. The highest BCUT2D eigenvalue weighted by Crippen LogP contribution is 2.25. The summed E-state index contributed by atoms with van der Waals surface area (Å²) in [7, 11) is 3.99. The molecule has 1 rings (SSSR count). The molecule has 0 radical (unpaired) electrons. The lowest BCUT2D eigenvalue weighted by Crippen LogP contribution is -2.45. The second-order valence-corrected chi connectivity index (χ2v) is 5.95. The number of aliphatic hydroxyl groups is 1. The first kappa shape index (κ1) is 16.4. The second kappa shape index (κ2) is 7.25. The van der Waals surface area contributed by atoms with Gasteiger partial charge in [-0.2, -0.15) is 0 Å². The number of nitrogens with one attached hydrogen (secondary N) is 1. The van der Waals surface area contributed by atoms with E-state index in [0.717, 1.165) is 23.6 Å². The van der Waals surface area contributed by atoms with E-state index < -0.39 is 0 Å². The highest BCUT2D eigenvalue weighted by atomic mass is 35.5. The first-order valence-corrected chi connectivity index (χ1v) is 7.04. The molecule has 2 N–H and O–H groups in total. The number of aliphatic hydroxyl groups excluding tert-OH is 1.